The van der Waals surface area contributed by atoms with Crippen molar-refractivity contribution >= 4 is 5.91 Å². The normalized spacial score (nSPS) is 16.4. The first kappa shape index (κ1) is 36.1. The maximum Gasteiger partial charge on any atom is 0.507 e. The van der Waals surface area contributed by atoms with E-state index in [2.05, 4.69) is 19.5 Å². The lowest BCUT2D eigenvalue weighted by molar-refractivity contribution is -0.391. The molecule has 0 radical (unpaired) electrons. The van der Waals surface area contributed by atoms with Crippen LogP contribution < -0.4 is 19.5 Å². The van der Waals surface area contributed by atoms with E-state index < -0.39 is 99.9 Å². The first-order chi connectivity index (χ1) is 23.1. The molecule has 0 bridgehead atoms. The third-order valence-electron chi connectivity index (χ3n) is 7.30. The van der Waals surface area contributed by atoms with Crippen molar-refractivity contribution in [3.05, 3.63) is 124 Å². The van der Waals surface area contributed by atoms with Gasteiger partial charge in [-0.2, -0.15) is 48.3 Å². The van der Waals surface area contributed by atoms with Gasteiger partial charge in [0.05, 0.1) is 11.1 Å². The van der Waals surface area contributed by atoms with Crippen LogP contribution in [0.3, 0.4) is 0 Å². The molecule has 1 heterocycles. The van der Waals surface area contributed by atoms with E-state index in [-0.39, 0.29) is 17.7 Å². The highest BCUT2D eigenvalue weighted by atomic mass is 19.4. The number of rotatable bonds is 9. The van der Waals surface area contributed by atoms with E-state index in [0.29, 0.717) is 36.4 Å². The largest absolute Gasteiger partial charge is 0.507 e. The van der Waals surface area contributed by atoms with Gasteiger partial charge < -0.3 is 19.5 Å². The molecular weight excluding hydrogens is 709 g/mol. The van der Waals surface area contributed by atoms with Crippen LogP contribution in [0.25, 0.3) is 0 Å². The van der Waals surface area contributed by atoms with Crippen molar-refractivity contribution in [2.45, 2.75) is 42.9 Å². The quantitative estimate of drug-likeness (QED) is 0.175. The number of nitrogens with one attached hydrogen (secondary N) is 1. The van der Waals surface area contributed by atoms with E-state index in [9.17, 15) is 57.5 Å². The van der Waals surface area contributed by atoms with E-state index in [0.717, 1.165) is 6.07 Å². The third kappa shape index (κ3) is 7.09. The van der Waals surface area contributed by atoms with Crippen LogP contribution >= 0.6 is 0 Å². The average Bonchev–Trinajstić information content (AvgIpc) is 3.00. The number of fused-ring (bicyclic) bond motifs is 1. The Morgan fingerprint density at radius 2 is 1.40 bits per heavy atom. The Kier molecular flexibility index (Phi) is 9.12. The first-order valence-corrected chi connectivity index (χ1v) is 13.8. The smallest absolute Gasteiger partial charge is 0.428 e. The minimum atomic E-state index is -5.31. The fraction of sp³-hybridized carbons (Fsp3) is 0.219. The topological polar surface area (TPSA) is 56.8 Å². The number of benzene rings is 4. The second-order valence-corrected chi connectivity index (χ2v) is 10.8. The molecular formula is C32H18F13NO4. The molecule has 1 atom stereocenters. The first-order valence-electron chi connectivity index (χ1n) is 13.8. The van der Waals surface area contributed by atoms with Crippen LogP contribution in [0.4, 0.5) is 57.1 Å². The van der Waals surface area contributed by atoms with Gasteiger partial charge >= 0.3 is 30.9 Å². The van der Waals surface area contributed by atoms with Crippen molar-refractivity contribution in [3.8, 4) is 17.2 Å². The highest BCUT2D eigenvalue weighted by molar-refractivity contribution is 5.95. The molecule has 18 heteroatoms. The van der Waals surface area contributed by atoms with Gasteiger partial charge in [-0.15, -0.1) is 0 Å². The van der Waals surface area contributed by atoms with Crippen molar-refractivity contribution in [2.75, 3.05) is 0 Å². The van der Waals surface area contributed by atoms with Crippen molar-refractivity contribution < 1.29 is 76.1 Å². The number of hydrogen-bond acceptors (Lipinski definition) is 4. The molecule has 4 aromatic rings. The minimum absolute atomic E-state index is 0.105. The Balaban J connectivity index is 1.78. The molecule has 4 aromatic carbocycles. The molecule has 1 aliphatic rings. The number of carbonyl (C=O) groups excluding carboxylic acids is 1. The zero-order valence-electron chi connectivity index (χ0n) is 24.4. The van der Waals surface area contributed by atoms with Crippen molar-refractivity contribution in [3.63, 3.8) is 0 Å². The van der Waals surface area contributed by atoms with Crippen LogP contribution in [0.15, 0.2) is 84.9 Å². The summed E-state index contributed by atoms with van der Waals surface area (Å²) in [4.78, 5) is 13.7. The molecule has 0 spiro atoms. The summed E-state index contributed by atoms with van der Waals surface area (Å²) >= 11 is 0. The Labute approximate surface area is 272 Å². The number of alkyl halides is 11. The summed E-state index contributed by atoms with van der Waals surface area (Å²) < 4.78 is 192. The Bertz CT molecular complexity index is 1900. The summed E-state index contributed by atoms with van der Waals surface area (Å²) in [5.74, 6) is -8.05. The van der Waals surface area contributed by atoms with Crippen LogP contribution in [0.5, 0.6) is 17.2 Å². The van der Waals surface area contributed by atoms with Crippen molar-refractivity contribution in [1.29, 1.82) is 0 Å². The monoisotopic (exact) mass is 727 g/mol. The predicted molar refractivity (Wildman–Crippen MR) is 145 cm³/mol. The van der Waals surface area contributed by atoms with Crippen molar-refractivity contribution in [2.24, 2.45) is 0 Å². The maximum absolute atomic E-state index is 15.1. The zero-order valence-corrected chi connectivity index (χ0v) is 24.4. The lowest BCUT2D eigenvalue weighted by Gasteiger charge is -2.38. The Hall–Kier alpha value is -5.16. The van der Waals surface area contributed by atoms with Crippen molar-refractivity contribution in [1.82, 2.24) is 5.32 Å². The van der Waals surface area contributed by atoms with Gasteiger partial charge in [-0.1, -0.05) is 36.4 Å². The molecule has 50 heavy (non-hydrogen) atoms. The van der Waals surface area contributed by atoms with Gasteiger partial charge in [0.25, 0.3) is 5.91 Å². The van der Waals surface area contributed by atoms with E-state index in [4.69, 9.17) is 0 Å². The molecule has 266 valence electrons. The van der Waals surface area contributed by atoms with Crippen LogP contribution in [-0.2, 0) is 18.1 Å². The third-order valence-corrected chi connectivity index (χ3v) is 7.30. The Morgan fingerprint density at radius 1 is 0.760 bits per heavy atom. The van der Waals surface area contributed by atoms with Crippen LogP contribution in [0.2, 0.25) is 0 Å². The lowest BCUT2D eigenvalue weighted by atomic mass is 9.77. The summed E-state index contributed by atoms with van der Waals surface area (Å²) in [5, 5.41) is 2.29. The molecule has 0 fully saturated rings. The fourth-order valence-corrected chi connectivity index (χ4v) is 5.01. The maximum atomic E-state index is 15.1. The van der Waals surface area contributed by atoms with E-state index in [1.54, 1.807) is 0 Å². The summed E-state index contributed by atoms with van der Waals surface area (Å²) in [6.45, 7) is 0. The number of hydrogen-bond donors (Lipinski definition) is 1. The van der Waals surface area contributed by atoms with Crippen LogP contribution in [0, 0.1) is 11.6 Å². The molecule has 5 nitrogen and oxygen atoms in total. The zero-order chi connectivity index (χ0) is 36.9. The number of carbonyl (C=O) groups is 1. The second kappa shape index (κ2) is 12.6. The molecule has 1 N–H and O–H groups in total. The van der Waals surface area contributed by atoms with E-state index in [1.807, 2.05) is 0 Å². The van der Waals surface area contributed by atoms with Crippen LogP contribution in [-0.4, -0.2) is 30.7 Å². The van der Waals surface area contributed by atoms with Crippen LogP contribution in [0.1, 0.15) is 32.6 Å². The summed E-state index contributed by atoms with van der Waals surface area (Å²) in [6, 6.07) is 11.6. The Morgan fingerprint density at radius 3 is 2.02 bits per heavy atom. The molecule has 1 aliphatic heterocycles. The lowest BCUT2D eigenvalue weighted by Crippen LogP contribution is -2.52. The average molecular weight is 727 g/mol. The minimum Gasteiger partial charge on any atom is -0.428 e. The number of amides is 1. The molecule has 0 saturated carbocycles. The number of halogens is 13. The summed E-state index contributed by atoms with van der Waals surface area (Å²) in [7, 11) is 0. The van der Waals surface area contributed by atoms with Gasteiger partial charge in [0, 0.05) is 18.1 Å². The summed E-state index contributed by atoms with van der Waals surface area (Å²) in [5.41, 5.74) is -6.25. The SMILES string of the molecule is O=C(NC(Cc1ccccc1)(c1cc(F)cc(OC(F)(F)C(F)F)c1)c1ccc2c(c1)OC(F)(F)C(F)(F)O2)c1ccc(F)c(C(F)(F)F)c1. The van der Waals surface area contributed by atoms with Gasteiger partial charge in [0.2, 0.25) is 0 Å². The standard InChI is InChI=1S/C32H18F13NO4/c33-20-11-19(12-21(14-20)48-30(40,41)27(35)36)28(15-16-4-2-1-3-5-16,46-26(47)17-6-8-23(34)22(10-17)29(37,38)39)18-7-9-24-25(13-18)50-32(44,45)31(42,43)49-24/h1-14,27H,15H2,(H,46,47). The summed E-state index contributed by atoms with van der Waals surface area (Å²) in [6.07, 6.45) is -26.1. The fourth-order valence-electron chi connectivity index (χ4n) is 5.01. The van der Waals surface area contributed by atoms with Gasteiger partial charge in [-0.25, -0.2) is 8.78 Å². The van der Waals surface area contributed by atoms with Gasteiger partial charge in [0.15, 0.2) is 11.5 Å². The predicted octanol–water partition coefficient (Wildman–Crippen LogP) is 9.09. The van der Waals surface area contributed by atoms with Gasteiger partial charge in [-0.3, -0.25) is 4.79 Å². The highest BCUT2D eigenvalue weighted by Crippen LogP contribution is 2.49. The molecule has 1 amide bonds. The molecule has 0 aliphatic carbocycles. The number of ether oxygens (including phenoxy) is 3. The van der Waals surface area contributed by atoms with E-state index >= 15 is 4.39 Å². The molecule has 5 rings (SSSR count). The molecule has 1 unspecified atom stereocenters. The molecule has 0 aromatic heterocycles. The highest BCUT2D eigenvalue weighted by Gasteiger charge is 2.66. The van der Waals surface area contributed by atoms with E-state index in [1.165, 1.54) is 30.3 Å². The second-order valence-electron chi connectivity index (χ2n) is 10.8. The van der Waals surface area contributed by atoms with Gasteiger partial charge in [0.1, 0.15) is 17.4 Å². The van der Waals surface area contributed by atoms with Gasteiger partial charge in [-0.05, 0) is 59.2 Å². The molecule has 0 saturated heterocycles.